The molecule has 0 bridgehead atoms. The summed E-state index contributed by atoms with van der Waals surface area (Å²) in [5.74, 6) is 1.71. The number of carbonyl (C=O) groups is 1. The molecule has 1 aliphatic carbocycles. The Hall–Kier alpha value is -0.320. The van der Waals surface area contributed by atoms with Crippen molar-refractivity contribution in [3.8, 4) is 0 Å². The van der Waals surface area contributed by atoms with E-state index in [4.69, 9.17) is 4.74 Å². The van der Waals surface area contributed by atoms with Crippen LogP contribution in [0.5, 0.6) is 0 Å². The predicted octanol–water partition coefficient (Wildman–Crippen LogP) is 0.511. The zero-order valence-corrected chi connectivity index (χ0v) is 11.3. The highest BCUT2D eigenvalue weighted by Crippen LogP contribution is 2.61. The standard InChI is InChI=1S/C12H20N2O2.ClH/c1-12(2)8-5-14(6-9(8)12)11(15)10-7-16-4-3-13-10;/h8-10,13H,3-7H2,1-2H3;1H. The summed E-state index contributed by atoms with van der Waals surface area (Å²) in [6.07, 6.45) is 0. The molecule has 98 valence electrons. The molecule has 1 N–H and O–H groups in total. The van der Waals surface area contributed by atoms with Gasteiger partial charge in [0.15, 0.2) is 0 Å². The molecular formula is C12H21ClN2O2. The van der Waals surface area contributed by atoms with Gasteiger partial charge in [0, 0.05) is 19.6 Å². The second-order valence-corrected chi connectivity index (χ2v) is 5.86. The molecule has 3 fully saturated rings. The fourth-order valence-electron chi connectivity index (χ4n) is 3.26. The van der Waals surface area contributed by atoms with E-state index >= 15 is 0 Å². The molecule has 1 amide bonds. The number of likely N-dealkylation sites (tertiary alicyclic amines) is 1. The minimum atomic E-state index is -0.102. The van der Waals surface area contributed by atoms with E-state index < -0.39 is 0 Å². The number of carbonyl (C=O) groups excluding carboxylic acids is 1. The van der Waals surface area contributed by atoms with Gasteiger partial charge in [-0.25, -0.2) is 0 Å². The minimum absolute atomic E-state index is 0. The molecule has 3 aliphatic rings. The maximum Gasteiger partial charge on any atom is 0.242 e. The molecule has 0 spiro atoms. The Balaban J connectivity index is 0.00000108. The number of halogens is 1. The molecule has 0 aromatic rings. The average Bonchev–Trinajstić information content (AvgIpc) is 2.72. The summed E-state index contributed by atoms with van der Waals surface area (Å²) < 4.78 is 5.33. The summed E-state index contributed by atoms with van der Waals surface area (Å²) in [6.45, 7) is 8.58. The van der Waals surface area contributed by atoms with Gasteiger partial charge in [-0.15, -0.1) is 12.4 Å². The van der Waals surface area contributed by atoms with Gasteiger partial charge in [-0.3, -0.25) is 4.79 Å². The first-order valence-electron chi connectivity index (χ1n) is 6.20. The lowest BCUT2D eigenvalue weighted by atomic mass is 10.1. The number of nitrogens with zero attached hydrogens (tertiary/aromatic N) is 1. The van der Waals surface area contributed by atoms with Crippen LogP contribution in [-0.4, -0.2) is 49.7 Å². The Kier molecular flexibility index (Phi) is 3.40. The Labute approximate surface area is 108 Å². The highest BCUT2D eigenvalue weighted by molar-refractivity contribution is 5.85. The van der Waals surface area contributed by atoms with Crippen LogP contribution >= 0.6 is 12.4 Å². The molecule has 1 saturated carbocycles. The third kappa shape index (κ3) is 2.07. The van der Waals surface area contributed by atoms with Gasteiger partial charge in [-0.05, 0) is 17.3 Å². The number of fused-ring (bicyclic) bond motifs is 1. The summed E-state index contributed by atoms with van der Waals surface area (Å²) in [7, 11) is 0. The lowest BCUT2D eigenvalue weighted by molar-refractivity contribution is -0.136. The Morgan fingerprint density at radius 1 is 1.35 bits per heavy atom. The first kappa shape index (κ1) is 13.1. The van der Waals surface area contributed by atoms with Crippen LogP contribution in [0.25, 0.3) is 0 Å². The van der Waals surface area contributed by atoms with Gasteiger partial charge < -0.3 is 15.0 Å². The van der Waals surface area contributed by atoms with E-state index in [1.165, 1.54) is 0 Å². The lowest BCUT2D eigenvalue weighted by Crippen LogP contribution is -2.52. The van der Waals surface area contributed by atoms with E-state index in [-0.39, 0.29) is 24.4 Å². The third-order valence-electron chi connectivity index (χ3n) is 4.65. The van der Waals surface area contributed by atoms with Gasteiger partial charge in [0.2, 0.25) is 5.91 Å². The Morgan fingerprint density at radius 2 is 2.00 bits per heavy atom. The minimum Gasteiger partial charge on any atom is -0.378 e. The van der Waals surface area contributed by atoms with E-state index in [0.717, 1.165) is 38.1 Å². The number of hydrogen-bond donors (Lipinski definition) is 1. The molecule has 2 aliphatic heterocycles. The summed E-state index contributed by atoms with van der Waals surface area (Å²) >= 11 is 0. The van der Waals surface area contributed by atoms with Crippen molar-refractivity contribution < 1.29 is 9.53 Å². The summed E-state index contributed by atoms with van der Waals surface area (Å²) in [5, 5.41) is 3.23. The first-order chi connectivity index (χ1) is 7.60. The largest absolute Gasteiger partial charge is 0.378 e. The number of nitrogens with one attached hydrogen (secondary N) is 1. The van der Waals surface area contributed by atoms with Gasteiger partial charge in [0.05, 0.1) is 13.2 Å². The highest BCUT2D eigenvalue weighted by atomic mass is 35.5. The van der Waals surface area contributed by atoms with Gasteiger partial charge >= 0.3 is 0 Å². The van der Waals surface area contributed by atoms with Crippen molar-refractivity contribution in [2.75, 3.05) is 32.8 Å². The predicted molar refractivity (Wildman–Crippen MR) is 67.2 cm³/mol. The van der Waals surface area contributed by atoms with Crippen molar-refractivity contribution in [2.45, 2.75) is 19.9 Å². The quantitative estimate of drug-likeness (QED) is 0.747. The summed E-state index contributed by atoms with van der Waals surface area (Å²) in [4.78, 5) is 14.2. The van der Waals surface area contributed by atoms with E-state index in [2.05, 4.69) is 19.2 Å². The van der Waals surface area contributed by atoms with Crippen LogP contribution in [0.2, 0.25) is 0 Å². The van der Waals surface area contributed by atoms with Crippen molar-refractivity contribution in [3.63, 3.8) is 0 Å². The monoisotopic (exact) mass is 260 g/mol. The van der Waals surface area contributed by atoms with Crippen LogP contribution < -0.4 is 5.32 Å². The molecule has 2 saturated heterocycles. The van der Waals surface area contributed by atoms with Gasteiger partial charge in [0.25, 0.3) is 0 Å². The second-order valence-electron chi connectivity index (χ2n) is 5.86. The fraction of sp³-hybridized carbons (Fsp3) is 0.917. The van der Waals surface area contributed by atoms with Crippen molar-refractivity contribution in [2.24, 2.45) is 17.3 Å². The van der Waals surface area contributed by atoms with Crippen LogP contribution in [0, 0.1) is 17.3 Å². The van der Waals surface area contributed by atoms with Gasteiger partial charge in [-0.1, -0.05) is 13.8 Å². The van der Waals surface area contributed by atoms with Gasteiger partial charge in [-0.2, -0.15) is 0 Å². The van der Waals surface area contributed by atoms with Crippen molar-refractivity contribution in [3.05, 3.63) is 0 Å². The molecule has 5 heteroatoms. The summed E-state index contributed by atoms with van der Waals surface area (Å²) in [5.41, 5.74) is 0.479. The fourth-order valence-corrected chi connectivity index (χ4v) is 3.26. The summed E-state index contributed by atoms with van der Waals surface area (Å²) in [6, 6.07) is -0.102. The van der Waals surface area contributed by atoms with Crippen LogP contribution in [0.1, 0.15) is 13.8 Å². The van der Waals surface area contributed by atoms with E-state index in [1.54, 1.807) is 0 Å². The topological polar surface area (TPSA) is 41.6 Å². The molecule has 3 atom stereocenters. The lowest BCUT2D eigenvalue weighted by Gasteiger charge is -2.29. The number of hydrogen-bond acceptors (Lipinski definition) is 3. The Bertz CT molecular complexity index is 302. The van der Waals surface area contributed by atoms with Crippen molar-refractivity contribution in [1.82, 2.24) is 10.2 Å². The molecule has 0 aromatic heterocycles. The molecule has 0 radical (unpaired) electrons. The van der Waals surface area contributed by atoms with Crippen LogP contribution in [-0.2, 0) is 9.53 Å². The van der Waals surface area contributed by atoms with Crippen LogP contribution in [0.4, 0.5) is 0 Å². The number of rotatable bonds is 1. The molecule has 3 rings (SSSR count). The molecule has 2 heterocycles. The number of morpholine rings is 1. The zero-order valence-electron chi connectivity index (χ0n) is 10.4. The van der Waals surface area contributed by atoms with E-state index in [9.17, 15) is 4.79 Å². The molecule has 3 unspecified atom stereocenters. The highest BCUT2D eigenvalue weighted by Gasteiger charge is 2.62. The van der Waals surface area contributed by atoms with Gasteiger partial charge in [0.1, 0.15) is 6.04 Å². The number of piperidine rings is 1. The third-order valence-corrected chi connectivity index (χ3v) is 4.65. The smallest absolute Gasteiger partial charge is 0.242 e. The normalized spacial score (nSPS) is 38.2. The van der Waals surface area contributed by atoms with Crippen molar-refractivity contribution in [1.29, 1.82) is 0 Å². The Morgan fingerprint density at radius 3 is 2.53 bits per heavy atom. The molecule has 17 heavy (non-hydrogen) atoms. The molecule has 0 aromatic carbocycles. The van der Waals surface area contributed by atoms with Crippen molar-refractivity contribution >= 4 is 18.3 Å². The van der Waals surface area contributed by atoms with E-state index in [0.29, 0.717) is 12.0 Å². The average molecular weight is 261 g/mol. The SMILES string of the molecule is CC1(C)C2CN(C(=O)C3COCCN3)CC21.Cl. The maximum absolute atomic E-state index is 12.2. The second kappa shape index (κ2) is 4.41. The van der Waals surface area contributed by atoms with Crippen LogP contribution in [0.15, 0.2) is 0 Å². The molecular weight excluding hydrogens is 240 g/mol. The molecule has 4 nitrogen and oxygen atoms in total. The zero-order chi connectivity index (χ0) is 11.3. The van der Waals surface area contributed by atoms with Crippen LogP contribution in [0.3, 0.4) is 0 Å². The number of ether oxygens (including phenoxy) is 1. The number of amides is 1. The van der Waals surface area contributed by atoms with E-state index in [1.807, 2.05) is 4.90 Å². The first-order valence-corrected chi connectivity index (χ1v) is 6.20. The maximum atomic E-state index is 12.2.